The number of phenolic OH excluding ortho intramolecular Hbond substituents is 3. The normalized spacial score (nSPS) is 20.2. The highest BCUT2D eigenvalue weighted by Gasteiger charge is 2.40. The summed E-state index contributed by atoms with van der Waals surface area (Å²) >= 11 is 0. The van der Waals surface area contributed by atoms with Crippen molar-refractivity contribution in [3.05, 3.63) is 110 Å². The van der Waals surface area contributed by atoms with Gasteiger partial charge in [-0.1, -0.05) is 18.2 Å². The first kappa shape index (κ1) is 53.6. The number of nitrogens with zero attached hydrogens (tertiary/aromatic N) is 15. The summed E-state index contributed by atoms with van der Waals surface area (Å²) in [6, 6.07) is 17.2. The summed E-state index contributed by atoms with van der Waals surface area (Å²) in [5, 5.41) is 96.4. The Bertz CT molecular complexity index is 3480. The predicted molar refractivity (Wildman–Crippen MR) is 307 cm³/mol. The number of hydrogen-bond acceptors (Lipinski definition) is 22. The summed E-state index contributed by atoms with van der Waals surface area (Å²) < 4.78 is 0. The van der Waals surface area contributed by atoms with Gasteiger partial charge in [-0.15, -0.1) is 30.6 Å². The molecule has 25 nitrogen and oxygen atoms in total. The molecular formula is C57H65N21O4. The molecule has 0 radical (unpaired) electrons. The highest BCUT2D eigenvalue weighted by molar-refractivity contribution is 5.76. The fraction of sp³-hybridized carbons (Fsp3) is 0.368. The number of aliphatic hydroxyl groups excluding tert-OH is 1. The summed E-state index contributed by atoms with van der Waals surface area (Å²) in [5.74, 6) is 3.00. The number of fused-ring (bicyclic) bond motifs is 1. The van der Waals surface area contributed by atoms with Crippen LogP contribution in [0.25, 0.3) is 67.2 Å². The van der Waals surface area contributed by atoms with Crippen molar-refractivity contribution >= 4 is 17.8 Å². The van der Waals surface area contributed by atoms with E-state index < -0.39 is 0 Å². The quantitative estimate of drug-likeness (QED) is 0.0691. The summed E-state index contributed by atoms with van der Waals surface area (Å²) in [6.07, 6.45) is 22.1. The first-order valence-corrected chi connectivity index (χ1v) is 27.8. The molecule has 11 heterocycles. The fourth-order valence-electron chi connectivity index (χ4n) is 11.6. The molecular weight excluding hydrogens is 1040 g/mol. The molecule has 4 atom stereocenters. The molecule has 4 unspecified atom stereocenters. The maximum Gasteiger partial charge on any atom is 0.245 e. The van der Waals surface area contributed by atoms with Crippen LogP contribution < -0.4 is 30.7 Å². The van der Waals surface area contributed by atoms with Crippen molar-refractivity contribution in [1.82, 2.24) is 92.1 Å². The van der Waals surface area contributed by atoms with Crippen molar-refractivity contribution in [3.8, 4) is 84.4 Å². The maximum absolute atomic E-state index is 10.4. The molecule has 6 aromatic heterocycles. The van der Waals surface area contributed by atoms with Gasteiger partial charge in [0.05, 0.1) is 37.2 Å². The standard InChI is InChI=1S/C20H23N7O.C19H23N7O2.C18H19N7O/c28-18-8-14(15-9-23-24-10-15)2-3-16(18)17-11-22-19(26-25-17)27-7-5-20(13-27)4-1-6-21-12-20;27-7-1-5-20-15-4-6-26(12-15)19-21-11-17(24-25-19)16-3-2-13(8-18(16)28)14-9-22-23-10-14;26-17-5-11(13-6-21-22-7-13)1-2-14(17)15-8-20-18(24-23-15)25-9-12-3-4-19-16(12)10-25/h2-3,8-11,21,28H,1,4-7,12-13H2,(H,23,24);2-3,8-11,15,20,27-28H,1,4-7,12H2,(H,22,23);1-2,5-8,12,16,19,26H,3-4,9-10H2,(H,21,22). The number of rotatable bonds is 13. The number of piperidine rings is 1. The first-order chi connectivity index (χ1) is 40.2. The van der Waals surface area contributed by atoms with Gasteiger partial charge in [0.25, 0.3) is 0 Å². The molecule has 422 valence electrons. The van der Waals surface area contributed by atoms with Gasteiger partial charge in [-0.2, -0.15) is 15.3 Å². The number of hydrogen-bond donors (Lipinski definition) is 10. The van der Waals surface area contributed by atoms with Crippen molar-refractivity contribution in [1.29, 1.82) is 0 Å². The fourth-order valence-corrected chi connectivity index (χ4v) is 11.6. The van der Waals surface area contributed by atoms with Crippen LogP contribution in [0.4, 0.5) is 17.8 Å². The third kappa shape index (κ3) is 12.0. The lowest BCUT2D eigenvalue weighted by Crippen LogP contribution is -2.42. The van der Waals surface area contributed by atoms with Crippen LogP contribution in [0.2, 0.25) is 0 Å². The molecule has 25 heteroatoms. The Balaban J connectivity index is 0.000000122. The van der Waals surface area contributed by atoms with Gasteiger partial charge in [0.1, 0.15) is 34.3 Å². The lowest BCUT2D eigenvalue weighted by Gasteiger charge is -2.33. The van der Waals surface area contributed by atoms with E-state index in [-0.39, 0.29) is 23.9 Å². The van der Waals surface area contributed by atoms with Crippen LogP contribution in [0.1, 0.15) is 38.5 Å². The van der Waals surface area contributed by atoms with Crippen molar-refractivity contribution in [2.75, 3.05) is 86.8 Å². The monoisotopic (exact) mass is 1110 g/mol. The average molecular weight is 1110 g/mol. The highest BCUT2D eigenvalue weighted by Crippen LogP contribution is 2.39. The predicted octanol–water partition coefficient (Wildman–Crippen LogP) is 4.83. The van der Waals surface area contributed by atoms with Gasteiger partial charge in [0.2, 0.25) is 17.8 Å². The second-order valence-corrected chi connectivity index (χ2v) is 21.5. The lowest BCUT2D eigenvalue weighted by atomic mass is 9.80. The van der Waals surface area contributed by atoms with Gasteiger partial charge >= 0.3 is 0 Å². The number of aromatic amines is 3. The maximum atomic E-state index is 10.4. The van der Waals surface area contributed by atoms with Gasteiger partial charge in [-0.05, 0) is 117 Å². The highest BCUT2D eigenvalue weighted by atomic mass is 16.3. The number of anilines is 3. The average Bonchev–Trinajstić information content (AvgIpc) is 4.50. The smallest absolute Gasteiger partial charge is 0.245 e. The molecule has 0 bridgehead atoms. The van der Waals surface area contributed by atoms with Crippen LogP contribution in [0.5, 0.6) is 17.2 Å². The number of aromatic nitrogens is 15. The van der Waals surface area contributed by atoms with Crippen LogP contribution in [0.3, 0.4) is 0 Å². The van der Waals surface area contributed by atoms with E-state index in [0.717, 1.165) is 112 Å². The van der Waals surface area contributed by atoms with Gasteiger partial charge in [-0.25, -0.2) is 15.0 Å². The van der Waals surface area contributed by atoms with E-state index in [1.165, 1.54) is 25.7 Å². The Morgan fingerprint density at radius 1 is 0.549 bits per heavy atom. The van der Waals surface area contributed by atoms with Crippen molar-refractivity contribution in [3.63, 3.8) is 0 Å². The third-order valence-corrected chi connectivity index (χ3v) is 16.1. The van der Waals surface area contributed by atoms with E-state index in [2.05, 4.69) is 107 Å². The number of aliphatic hydroxyl groups is 1. The zero-order chi connectivity index (χ0) is 55.8. The Labute approximate surface area is 472 Å². The minimum Gasteiger partial charge on any atom is -0.507 e. The van der Waals surface area contributed by atoms with Crippen LogP contribution in [-0.4, -0.2) is 181 Å². The SMILES string of the molecule is OCCCNC1CCN(c2ncc(-c3ccc(-c4cn[nH]c4)cc3O)nn2)C1.Oc1cc(-c2cn[nH]c2)ccc1-c1cnc(N2CC3CCNC3C2)nn1.Oc1cc(-c2cn[nH]c2)ccc1-c1cnc(N2CCC3(CCCNC3)C2)nn1. The minimum atomic E-state index is 0.122. The second kappa shape index (κ2) is 24.4. The number of aromatic hydroxyl groups is 3. The lowest BCUT2D eigenvalue weighted by molar-refractivity contribution is 0.238. The second-order valence-electron chi connectivity index (χ2n) is 21.5. The molecule has 0 amide bonds. The molecule has 3 aromatic carbocycles. The Hall–Kier alpha value is -9.04. The summed E-state index contributed by atoms with van der Waals surface area (Å²) in [5.41, 5.74) is 9.18. The largest absolute Gasteiger partial charge is 0.507 e. The molecule has 82 heavy (non-hydrogen) atoms. The van der Waals surface area contributed by atoms with E-state index in [1.807, 2.05) is 30.3 Å². The number of nitrogens with one attached hydrogen (secondary N) is 6. The van der Waals surface area contributed by atoms with Crippen molar-refractivity contribution < 1.29 is 20.4 Å². The van der Waals surface area contributed by atoms with Crippen LogP contribution in [0.15, 0.2) is 110 Å². The number of phenols is 3. The molecule has 10 N–H and O–H groups in total. The molecule has 0 aliphatic carbocycles. The molecule has 5 fully saturated rings. The Morgan fingerprint density at radius 3 is 1.54 bits per heavy atom. The zero-order valence-electron chi connectivity index (χ0n) is 45.1. The van der Waals surface area contributed by atoms with Crippen LogP contribution in [-0.2, 0) is 0 Å². The Morgan fingerprint density at radius 2 is 1.09 bits per heavy atom. The van der Waals surface area contributed by atoms with Gasteiger partial charge < -0.3 is 51.1 Å². The molecule has 0 saturated carbocycles. The van der Waals surface area contributed by atoms with Gasteiger partial charge in [0.15, 0.2) is 0 Å². The van der Waals surface area contributed by atoms with E-state index >= 15 is 0 Å². The summed E-state index contributed by atoms with van der Waals surface area (Å²) in [7, 11) is 0. The zero-order valence-corrected chi connectivity index (χ0v) is 45.1. The number of H-pyrrole nitrogens is 3. The van der Waals surface area contributed by atoms with Crippen molar-refractivity contribution in [2.45, 2.75) is 50.6 Å². The third-order valence-electron chi connectivity index (χ3n) is 16.1. The molecule has 5 saturated heterocycles. The minimum absolute atomic E-state index is 0.122. The summed E-state index contributed by atoms with van der Waals surface area (Å²) in [6.45, 7) is 9.84. The van der Waals surface area contributed by atoms with E-state index in [1.54, 1.807) is 80.0 Å². The molecule has 1 spiro atoms. The van der Waals surface area contributed by atoms with Crippen LogP contribution >= 0.6 is 0 Å². The van der Waals surface area contributed by atoms with Gasteiger partial charge in [-0.3, -0.25) is 15.3 Å². The van der Waals surface area contributed by atoms with Crippen molar-refractivity contribution in [2.24, 2.45) is 11.3 Å². The molecule has 5 aliphatic rings. The molecule has 5 aliphatic heterocycles. The topological polar surface area (TPSA) is 329 Å². The van der Waals surface area contributed by atoms with Crippen LogP contribution in [0, 0.1) is 11.3 Å². The first-order valence-electron chi connectivity index (χ1n) is 27.8. The van der Waals surface area contributed by atoms with E-state index in [0.29, 0.717) is 75.0 Å². The number of benzene rings is 3. The molecule has 14 rings (SSSR count). The van der Waals surface area contributed by atoms with Gasteiger partial charge in [0, 0.05) is 122 Å². The van der Waals surface area contributed by atoms with E-state index in [9.17, 15) is 15.3 Å². The van der Waals surface area contributed by atoms with E-state index in [4.69, 9.17) is 5.11 Å². The summed E-state index contributed by atoms with van der Waals surface area (Å²) in [4.78, 5) is 20.0. The Kier molecular flexibility index (Phi) is 15.9. The molecule has 9 aromatic rings.